The van der Waals surface area contributed by atoms with Crippen LogP contribution in [0.3, 0.4) is 0 Å². The summed E-state index contributed by atoms with van der Waals surface area (Å²) in [5.41, 5.74) is 2.11. The Hall–Kier alpha value is -1.93. The number of aliphatic imine (C=N–C) groups is 1. The van der Waals surface area contributed by atoms with E-state index in [0.717, 1.165) is 28.8 Å². The SMILES string of the molecule is CCNC(=NCc1cnn(C)c1)N(C)Cc1csc(C(C)OC)n1. The maximum Gasteiger partial charge on any atom is 0.194 e. The number of hydrogen-bond acceptors (Lipinski definition) is 5. The molecule has 1 N–H and O–H groups in total. The van der Waals surface area contributed by atoms with E-state index in [1.165, 1.54) is 0 Å². The fraction of sp³-hybridized carbons (Fsp3) is 0.562. The minimum absolute atomic E-state index is 0.0292. The Kier molecular flexibility index (Phi) is 6.74. The normalized spacial score (nSPS) is 13.1. The molecule has 0 radical (unpaired) electrons. The minimum Gasteiger partial charge on any atom is -0.375 e. The smallest absolute Gasteiger partial charge is 0.194 e. The van der Waals surface area contributed by atoms with Crippen LogP contribution in [0.5, 0.6) is 0 Å². The fourth-order valence-corrected chi connectivity index (χ4v) is 3.03. The third-order valence-corrected chi connectivity index (χ3v) is 4.59. The van der Waals surface area contributed by atoms with Crippen LogP contribution in [0.1, 0.15) is 36.2 Å². The molecule has 7 nitrogen and oxygen atoms in total. The number of aryl methyl sites for hydroxylation is 1. The van der Waals surface area contributed by atoms with Crippen molar-refractivity contribution < 1.29 is 4.74 Å². The molecule has 0 amide bonds. The van der Waals surface area contributed by atoms with Crippen LogP contribution in [0.25, 0.3) is 0 Å². The van der Waals surface area contributed by atoms with Crippen molar-refractivity contribution in [1.29, 1.82) is 0 Å². The third kappa shape index (κ3) is 5.04. The van der Waals surface area contributed by atoms with Gasteiger partial charge in [0.15, 0.2) is 5.96 Å². The highest BCUT2D eigenvalue weighted by Crippen LogP contribution is 2.20. The van der Waals surface area contributed by atoms with Crippen molar-refractivity contribution in [2.24, 2.45) is 12.0 Å². The summed E-state index contributed by atoms with van der Waals surface area (Å²) in [6, 6.07) is 0. The molecule has 0 aliphatic carbocycles. The van der Waals surface area contributed by atoms with Crippen LogP contribution in [0, 0.1) is 0 Å². The van der Waals surface area contributed by atoms with E-state index >= 15 is 0 Å². The number of hydrogen-bond donors (Lipinski definition) is 1. The van der Waals surface area contributed by atoms with Gasteiger partial charge in [0.1, 0.15) is 11.1 Å². The van der Waals surface area contributed by atoms with E-state index < -0.39 is 0 Å². The summed E-state index contributed by atoms with van der Waals surface area (Å²) < 4.78 is 7.11. The zero-order valence-electron chi connectivity index (χ0n) is 15.0. The van der Waals surface area contributed by atoms with Crippen molar-refractivity contribution in [3.05, 3.63) is 34.0 Å². The Morgan fingerprint density at radius 2 is 2.33 bits per heavy atom. The van der Waals surface area contributed by atoms with Gasteiger partial charge in [0.25, 0.3) is 0 Å². The molecule has 0 aliphatic heterocycles. The molecule has 2 rings (SSSR count). The number of ether oxygens (including phenoxy) is 1. The fourth-order valence-electron chi connectivity index (χ4n) is 2.19. The summed E-state index contributed by atoms with van der Waals surface area (Å²) in [4.78, 5) is 11.4. The van der Waals surface area contributed by atoms with Crippen LogP contribution in [0.4, 0.5) is 0 Å². The Morgan fingerprint density at radius 1 is 1.54 bits per heavy atom. The molecule has 0 saturated heterocycles. The molecule has 0 aliphatic rings. The van der Waals surface area contributed by atoms with Gasteiger partial charge < -0.3 is 15.0 Å². The molecule has 2 aromatic rings. The van der Waals surface area contributed by atoms with E-state index in [1.807, 2.05) is 33.4 Å². The summed E-state index contributed by atoms with van der Waals surface area (Å²) in [7, 11) is 5.63. The molecule has 1 unspecified atom stereocenters. The van der Waals surface area contributed by atoms with Crippen LogP contribution >= 0.6 is 11.3 Å². The van der Waals surface area contributed by atoms with Gasteiger partial charge in [-0.3, -0.25) is 4.68 Å². The maximum atomic E-state index is 5.32. The molecule has 132 valence electrons. The highest BCUT2D eigenvalue weighted by atomic mass is 32.1. The number of rotatable bonds is 7. The predicted molar refractivity (Wildman–Crippen MR) is 97.0 cm³/mol. The van der Waals surface area contributed by atoms with Gasteiger partial charge in [-0.25, -0.2) is 9.98 Å². The molecule has 2 aromatic heterocycles. The number of guanidine groups is 1. The lowest BCUT2D eigenvalue weighted by atomic mass is 10.4. The summed E-state index contributed by atoms with van der Waals surface area (Å²) in [5, 5.41) is 10.6. The molecule has 0 aromatic carbocycles. The molecular formula is C16H26N6OS. The number of methoxy groups -OCH3 is 1. The van der Waals surface area contributed by atoms with Crippen molar-refractivity contribution in [3.8, 4) is 0 Å². The van der Waals surface area contributed by atoms with Crippen molar-refractivity contribution in [1.82, 2.24) is 25.0 Å². The Morgan fingerprint density at radius 3 is 2.96 bits per heavy atom. The largest absolute Gasteiger partial charge is 0.375 e. The molecule has 8 heteroatoms. The van der Waals surface area contributed by atoms with E-state index in [0.29, 0.717) is 13.1 Å². The standard InChI is InChI=1S/C16H26N6OS/c1-6-17-16(18-7-13-8-19-22(4)9-13)21(3)10-14-11-24-15(20-14)12(2)23-5/h8-9,11-12H,6-7,10H2,1-5H3,(H,17,18). The van der Waals surface area contributed by atoms with Gasteiger partial charge in [-0.1, -0.05) is 0 Å². The van der Waals surface area contributed by atoms with Crippen molar-refractivity contribution >= 4 is 17.3 Å². The van der Waals surface area contributed by atoms with E-state index in [4.69, 9.17) is 4.74 Å². The first-order valence-corrected chi connectivity index (χ1v) is 8.85. The van der Waals surface area contributed by atoms with E-state index in [2.05, 4.69) is 37.6 Å². The Bertz CT molecular complexity index is 665. The lowest BCUT2D eigenvalue weighted by molar-refractivity contribution is 0.119. The first kappa shape index (κ1) is 18.4. The highest BCUT2D eigenvalue weighted by molar-refractivity contribution is 7.09. The van der Waals surface area contributed by atoms with Gasteiger partial charge in [0.2, 0.25) is 0 Å². The van der Waals surface area contributed by atoms with Crippen LogP contribution < -0.4 is 5.32 Å². The van der Waals surface area contributed by atoms with Gasteiger partial charge in [0.05, 0.1) is 25.0 Å². The molecule has 0 fully saturated rings. The lowest BCUT2D eigenvalue weighted by Gasteiger charge is -2.21. The van der Waals surface area contributed by atoms with Gasteiger partial charge in [0, 0.05) is 44.9 Å². The summed E-state index contributed by atoms with van der Waals surface area (Å²) in [6.07, 6.45) is 3.85. The first-order valence-electron chi connectivity index (χ1n) is 7.97. The molecule has 0 spiro atoms. The predicted octanol–water partition coefficient (Wildman–Crippen LogP) is 2.18. The number of nitrogens with zero attached hydrogens (tertiary/aromatic N) is 5. The van der Waals surface area contributed by atoms with Crippen LogP contribution in [-0.2, 0) is 24.9 Å². The topological polar surface area (TPSA) is 67.6 Å². The zero-order chi connectivity index (χ0) is 17.5. The van der Waals surface area contributed by atoms with E-state index in [-0.39, 0.29) is 6.10 Å². The monoisotopic (exact) mass is 350 g/mol. The van der Waals surface area contributed by atoms with Gasteiger partial charge >= 0.3 is 0 Å². The molecular weight excluding hydrogens is 324 g/mol. The summed E-state index contributed by atoms with van der Waals surface area (Å²) in [6.45, 7) is 6.19. The maximum absolute atomic E-state index is 5.32. The quantitative estimate of drug-likeness (QED) is 0.612. The van der Waals surface area contributed by atoms with E-state index in [9.17, 15) is 0 Å². The van der Waals surface area contributed by atoms with Crippen LogP contribution in [0.2, 0.25) is 0 Å². The second-order valence-electron chi connectivity index (χ2n) is 5.60. The van der Waals surface area contributed by atoms with E-state index in [1.54, 1.807) is 23.1 Å². The molecule has 1 atom stereocenters. The van der Waals surface area contributed by atoms with Crippen LogP contribution in [-0.4, -0.2) is 46.3 Å². The van der Waals surface area contributed by atoms with Crippen molar-refractivity contribution in [3.63, 3.8) is 0 Å². The average Bonchev–Trinajstić information content (AvgIpc) is 3.19. The number of aromatic nitrogens is 3. The Labute approximate surface area is 147 Å². The second kappa shape index (κ2) is 8.79. The van der Waals surface area contributed by atoms with Gasteiger partial charge in [-0.2, -0.15) is 5.10 Å². The summed E-state index contributed by atoms with van der Waals surface area (Å²) in [5.74, 6) is 0.857. The molecule has 0 bridgehead atoms. The summed E-state index contributed by atoms with van der Waals surface area (Å²) >= 11 is 1.63. The number of thiazole rings is 1. The second-order valence-corrected chi connectivity index (χ2v) is 6.49. The molecule has 0 saturated carbocycles. The zero-order valence-corrected chi connectivity index (χ0v) is 15.8. The van der Waals surface area contributed by atoms with Crippen molar-refractivity contribution in [2.75, 3.05) is 20.7 Å². The number of nitrogens with one attached hydrogen (secondary N) is 1. The van der Waals surface area contributed by atoms with Crippen LogP contribution in [0.15, 0.2) is 22.8 Å². The lowest BCUT2D eigenvalue weighted by Crippen LogP contribution is -2.38. The third-order valence-electron chi connectivity index (χ3n) is 3.54. The molecule has 2 heterocycles. The van der Waals surface area contributed by atoms with Crippen molar-refractivity contribution in [2.45, 2.75) is 33.0 Å². The minimum atomic E-state index is 0.0292. The highest BCUT2D eigenvalue weighted by Gasteiger charge is 2.12. The average molecular weight is 350 g/mol. The van der Waals surface area contributed by atoms with Gasteiger partial charge in [-0.05, 0) is 13.8 Å². The van der Waals surface area contributed by atoms with Gasteiger partial charge in [-0.15, -0.1) is 11.3 Å². The first-order chi connectivity index (χ1) is 11.5. The Balaban J connectivity index is 2.02. The molecule has 24 heavy (non-hydrogen) atoms.